The normalized spacial score (nSPS) is 11.8. The largest absolute Gasteiger partial charge is 0.494 e. The molecule has 0 saturated carbocycles. The molecule has 0 saturated heterocycles. The van der Waals surface area contributed by atoms with Gasteiger partial charge in [0.05, 0.1) is 148 Å². The number of fused-ring (bicyclic) bond motifs is 12. The first kappa shape index (κ1) is 64.6. The van der Waals surface area contributed by atoms with Crippen LogP contribution in [0.4, 0.5) is 22.7 Å². The van der Waals surface area contributed by atoms with Crippen LogP contribution in [0.15, 0.2) is 192 Å². The molecule has 28 heteroatoms. The van der Waals surface area contributed by atoms with Crippen LogP contribution in [0, 0.1) is 13.8 Å². The fourth-order valence-corrected chi connectivity index (χ4v) is 14.8. The molecule has 0 aliphatic rings. The van der Waals surface area contributed by atoms with Crippen molar-refractivity contribution >= 4 is 189 Å². The third kappa shape index (κ3) is 12.9. The summed E-state index contributed by atoms with van der Waals surface area (Å²) in [6.07, 6.45) is 6.46. The summed E-state index contributed by atoms with van der Waals surface area (Å²) in [6.45, 7) is 3.57. The molecule has 9 aromatic heterocycles. The number of rotatable bonds is 12. The fourth-order valence-electron chi connectivity index (χ4n) is 11.4. The van der Waals surface area contributed by atoms with Gasteiger partial charge in [-0.25, -0.2) is 24.7 Å². The first-order valence-corrected chi connectivity index (χ1v) is 33.8. The number of aliphatic imine (C=N–C) groups is 4. The van der Waals surface area contributed by atoms with Gasteiger partial charge in [-0.3, -0.25) is 39.3 Å². The van der Waals surface area contributed by atoms with Gasteiger partial charge in [-0.2, -0.15) is 0 Å². The summed E-state index contributed by atoms with van der Waals surface area (Å²) in [7, 11) is 0. The summed E-state index contributed by atoms with van der Waals surface area (Å²) in [5, 5.41) is 65.6. The Balaban J connectivity index is 0.000000114. The number of nitrogens with two attached hydrogens (primary N) is 1. The summed E-state index contributed by atoms with van der Waals surface area (Å²) in [6, 6.07) is 43.2. The molecule has 17 rings (SSSR count). The van der Waals surface area contributed by atoms with Crippen LogP contribution in [0.5, 0.6) is 23.5 Å². The van der Waals surface area contributed by atoms with Crippen LogP contribution < -0.4 is 11.3 Å². The Kier molecular flexibility index (Phi) is 17.7. The first-order chi connectivity index (χ1) is 48.5. The molecule has 0 radical (unpaired) electrons. The van der Waals surface area contributed by atoms with E-state index in [9.17, 15) is 39.9 Å². The molecule has 0 fully saturated rings. The predicted molar refractivity (Wildman–Crippen MR) is 398 cm³/mol. The molecule has 0 aliphatic carbocycles. The zero-order valence-electron chi connectivity index (χ0n) is 52.3. The number of thiazole rings is 4. The van der Waals surface area contributed by atoms with Gasteiger partial charge in [0, 0.05) is 63.7 Å². The average molecular weight is 1400 g/mol. The van der Waals surface area contributed by atoms with Crippen molar-refractivity contribution in [1.29, 1.82) is 0 Å². The molecule has 1 amide bonds. The number of aliphatic hydroxyl groups is 1. The number of nitrogens with one attached hydrogen (secondary N) is 5. The van der Waals surface area contributed by atoms with Crippen LogP contribution in [0.1, 0.15) is 59.8 Å². The number of nitrogens with zero attached hydrogens (tertiary/aromatic N) is 9. The van der Waals surface area contributed by atoms with Gasteiger partial charge >= 0.3 is 5.97 Å². The van der Waals surface area contributed by atoms with Crippen molar-refractivity contribution in [2.45, 2.75) is 20.5 Å². The Labute approximate surface area is 579 Å². The highest BCUT2D eigenvalue weighted by atomic mass is 32.1. The number of aromatic nitrogens is 10. The van der Waals surface area contributed by atoms with Crippen LogP contribution in [0.25, 0.3) is 90.2 Å². The van der Waals surface area contributed by atoms with Crippen LogP contribution in [0.3, 0.4) is 0 Å². The molecule has 0 spiro atoms. The van der Waals surface area contributed by atoms with Crippen LogP contribution in [-0.2, 0) is 6.61 Å². The minimum Gasteiger partial charge on any atom is -0.494 e. The molecule has 17 aromatic rings. The Bertz CT molecular complexity index is 6190. The number of carbonyl (C=O) groups excluding carboxylic acids is 1. The van der Waals surface area contributed by atoms with Crippen molar-refractivity contribution in [1.82, 2.24) is 49.7 Å². The van der Waals surface area contributed by atoms with Gasteiger partial charge in [-0.1, -0.05) is 18.2 Å². The second-order valence-corrected chi connectivity index (χ2v) is 25.9. The number of aryl methyl sites for hydroxylation is 2. The molecular formula is C72H53N15O9S4. The van der Waals surface area contributed by atoms with Crippen molar-refractivity contribution in [3.8, 4) is 29.2 Å². The highest BCUT2D eigenvalue weighted by Crippen LogP contribution is 2.39. The monoisotopic (exact) mass is 1400 g/mol. The second kappa shape index (κ2) is 27.4. The number of carbonyl (C=O) groups is 2. The number of aromatic hydroxyl groups is 4. The maximum absolute atomic E-state index is 11.5. The number of hydrogen-bond donors (Lipinski definition) is 12. The van der Waals surface area contributed by atoms with E-state index in [-0.39, 0.29) is 41.2 Å². The average Bonchev–Trinajstić information content (AvgIpc) is 1.64. The molecule has 494 valence electrons. The Morgan fingerprint density at radius 3 is 1.26 bits per heavy atom. The molecule has 100 heavy (non-hydrogen) atoms. The van der Waals surface area contributed by atoms with E-state index in [1.807, 2.05) is 104 Å². The van der Waals surface area contributed by atoms with Crippen molar-refractivity contribution in [2.24, 2.45) is 25.7 Å². The van der Waals surface area contributed by atoms with Gasteiger partial charge in [0.15, 0.2) is 23.5 Å². The van der Waals surface area contributed by atoms with E-state index in [0.29, 0.717) is 44.8 Å². The maximum atomic E-state index is 11.5. The first-order valence-electron chi connectivity index (χ1n) is 30.3. The van der Waals surface area contributed by atoms with Gasteiger partial charge in [0.25, 0.3) is 5.56 Å². The van der Waals surface area contributed by atoms with Crippen LogP contribution in [-0.4, -0.2) is 117 Å². The van der Waals surface area contributed by atoms with Gasteiger partial charge in [-0.05, 0) is 146 Å². The van der Waals surface area contributed by atoms with E-state index in [0.717, 1.165) is 113 Å². The third-order valence-corrected chi connectivity index (χ3v) is 19.6. The Morgan fingerprint density at radius 1 is 0.490 bits per heavy atom. The standard InChI is InChI=1S/C20H15N5O2S.C18H13N3O3S.C17H12N4O2S.C17H13N3O2S/c1-11-8-17(26)24-25(11)13-4-2-12(3-5-13)21-9-14-18-15(23-20(14)27)6-7-16-19(18)28-10-22-16;1-9-6-10(2-3-11(9)18(23)24)19-7-12-15-13(21-17(12)22)4-5-14-16(15)25-8-20-14;18-16(22)9-2-1-3-10(6-9)19-7-11-14-12(21-17(11)23)4-5-13-15(14)24-8-20-13;21-8-10-2-1-3-11(6-10)18-7-12-15-13(20-17(12)22)4-5-14-16(15)23-9-19-14/h2-10,23,27H,1H3,(H,24,26);2-8,21-22H,1H3,(H,23,24);1-8,21,23H,(H2,18,22);1-7,9,20-22H,8H2. The molecule has 24 nitrogen and oxygen atoms in total. The minimum atomic E-state index is -0.963. The molecule has 8 aromatic carbocycles. The molecule has 0 unspecified atom stereocenters. The summed E-state index contributed by atoms with van der Waals surface area (Å²) in [5.41, 5.74) is 28.0. The van der Waals surface area contributed by atoms with E-state index in [2.05, 4.69) is 64.9 Å². The highest BCUT2D eigenvalue weighted by Gasteiger charge is 2.19. The lowest BCUT2D eigenvalue weighted by atomic mass is 10.1. The summed E-state index contributed by atoms with van der Waals surface area (Å²) < 4.78 is 5.72. The van der Waals surface area contributed by atoms with E-state index in [1.54, 1.807) is 101 Å². The Hall–Kier alpha value is -12.7. The lowest BCUT2D eigenvalue weighted by Crippen LogP contribution is -2.10. The van der Waals surface area contributed by atoms with Gasteiger partial charge in [0.2, 0.25) is 5.91 Å². The van der Waals surface area contributed by atoms with Gasteiger partial charge < -0.3 is 56.3 Å². The summed E-state index contributed by atoms with van der Waals surface area (Å²) >= 11 is 6.08. The Morgan fingerprint density at radius 2 is 0.880 bits per heavy atom. The van der Waals surface area contributed by atoms with Gasteiger partial charge in [0.1, 0.15) is 0 Å². The van der Waals surface area contributed by atoms with E-state index < -0.39 is 11.9 Å². The van der Waals surface area contributed by atoms with E-state index in [1.165, 1.54) is 51.4 Å². The number of amides is 1. The third-order valence-electron chi connectivity index (χ3n) is 16.2. The summed E-state index contributed by atoms with van der Waals surface area (Å²) in [4.78, 5) is 80.6. The second-order valence-electron chi connectivity index (χ2n) is 22.5. The smallest absolute Gasteiger partial charge is 0.335 e. The molecular weight excluding hydrogens is 1350 g/mol. The van der Waals surface area contributed by atoms with Crippen molar-refractivity contribution in [3.63, 3.8) is 0 Å². The fraction of sp³-hybridized carbons (Fsp3) is 0.0417. The molecule has 9 heterocycles. The number of carboxylic acids is 1. The number of aromatic amines is 5. The number of carboxylic acid groups (broad SMARTS) is 1. The quantitative estimate of drug-likeness (QED) is 0.0507. The predicted octanol–water partition coefficient (Wildman–Crippen LogP) is 15.3. The highest BCUT2D eigenvalue weighted by molar-refractivity contribution is 7.19. The lowest BCUT2D eigenvalue weighted by molar-refractivity contribution is 0.0695. The molecule has 0 aliphatic heterocycles. The number of primary amides is 1. The lowest BCUT2D eigenvalue weighted by Gasteiger charge is -2.05. The van der Waals surface area contributed by atoms with Crippen molar-refractivity contribution in [3.05, 3.63) is 228 Å². The molecule has 0 bridgehead atoms. The number of aliphatic hydroxyl groups excluding tert-OH is 1. The summed E-state index contributed by atoms with van der Waals surface area (Å²) in [5.74, 6) is -1.22. The number of H-pyrrole nitrogens is 5. The number of hydrogen-bond acceptors (Lipinski definition) is 20. The number of aromatic carboxylic acids is 1. The molecule has 13 N–H and O–H groups in total. The molecule has 0 atom stereocenters. The van der Waals surface area contributed by atoms with Crippen LogP contribution in [0.2, 0.25) is 0 Å². The zero-order chi connectivity index (χ0) is 69.3. The SMILES string of the molecule is Cc1cc(=O)[nH]n1-c1ccc(N=Cc2c(O)[nH]c3ccc4ncsc4c23)cc1.Cc1cc(N=Cc2c(O)[nH]c3ccc4ncsc4c23)ccc1C(=O)O.NC(=O)c1cccc(N=Cc2c(O)[nH]c3ccc4ncsc4c23)c1.OCc1cccc(N=Cc2c(O)[nH]c3ccc4ncsc4c23)c1. The minimum absolute atomic E-state index is 0.0246. The van der Waals surface area contributed by atoms with Crippen LogP contribution >= 0.6 is 45.3 Å². The van der Waals surface area contributed by atoms with Crippen molar-refractivity contribution in [2.75, 3.05) is 0 Å². The van der Waals surface area contributed by atoms with Crippen molar-refractivity contribution < 1.29 is 40.2 Å². The number of benzene rings is 8. The topological polar surface area (TPSA) is 383 Å². The maximum Gasteiger partial charge on any atom is 0.335 e. The zero-order valence-corrected chi connectivity index (χ0v) is 55.6. The van der Waals surface area contributed by atoms with E-state index >= 15 is 0 Å². The van der Waals surface area contributed by atoms with Gasteiger partial charge in [-0.15, -0.1) is 45.3 Å². The van der Waals surface area contributed by atoms with E-state index in [4.69, 9.17) is 10.8 Å².